The largest absolute Gasteiger partial charge is 0.436 e. The highest BCUT2D eigenvalue weighted by molar-refractivity contribution is 6.32. The van der Waals surface area contributed by atoms with E-state index in [4.69, 9.17) is 16.3 Å². The molecule has 2 heterocycles. The Morgan fingerprint density at radius 1 is 0.943 bits per heavy atom. The van der Waals surface area contributed by atoms with Gasteiger partial charge in [0.1, 0.15) is 24.9 Å². The highest BCUT2D eigenvalue weighted by Gasteiger charge is 2.35. The SMILES string of the molecule is CC(C)[C@@H](CCNC(=O)CN1C(=O)CN=C(c2ccccc2F)c2cc(Cl)ccc21)C[C@H](O)[C@H](CC1CCCCC1)NC(=O)[C@H](Cc1cnc[nH]1)NC(=O)[C@H](Cc1ccccc1)OC(=O)NC(C)(C)C. The van der Waals surface area contributed by atoms with Gasteiger partial charge in [-0.3, -0.25) is 24.2 Å². The van der Waals surface area contributed by atoms with Gasteiger partial charge in [0.15, 0.2) is 6.10 Å². The van der Waals surface area contributed by atoms with E-state index in [-0.39, 0.29) is 61.5 Å². The van der Waals surface area contributed by atoms with Crippen molar-refractivity contribution in [3.8, 4) is 0 Å². The molecule has 376 valence electrons. The van der Waals surface area contributed by atoms with Crippen molar-refractivity contribution in [1.82, 2.24) is 31.2 Å². The first-order chi connectivity index (χ1) is 33.4. The lowest BCUT2D eigenvalue weighted by molar-refractivity contribution is -0.134. The number of alkyl carbamates (subject to hydrolysis) is 1. The number of fused-ring (bicyclic) bond motifs is 1. The van der Waals surface area contributed by atoms with Crippen LogP contribution in [0, 0.1) is 23.6 Å². The third kappa shape index (κ3) is 15.7. The zero-order chi connectivity index (χ0) is 50.4. The van der Waals surface area contributed by atoms with Crippen LogP contribution >= 0.6 is 11.6 Å². The third-order valence-corrected chi connectivity index (χ3v) is 13.2. The summed E-state index contributed by atoms with van der Waals surface area (Å²) in [4.78, 5) is 81.7. The molecule has 1 aliphatic heterocycles. The molecule has 0 radical (unpaired) electrons. The average Bonchev–Trinajstić information content (AvgIpc) is 3.79. The van der Waals surface area contributed by atoms with Crippen LogP contribution in [-0.4, -0.2) is 100.0 Å². The number of aliphatic hydroxyl groups excluding tert-OH is 1. The Morgan fingerprint density at radius 2 is 1.67 bits per heavy atom. The van der Waals surface area contributed by atoms with Crippen LogP contribution < -0.4 is 26.2 Å². The van der Waals surface area contributed by atoms with Gasteiger partial charge < -0.3 is 41.0 Å². The number of anilines is 1. The quantitative estimate of drug-likeness (QED) is 0.0501. The Balaban J connectivity index is 1.14. The molecule has 4 aromatic rings. The maximum absolute atomic E-state index is 15.0. The highest BCUT2D eigenvalue weighted by atomic mass is 35.5. The number of carbonyl (C=O) groups is 5. The molecule has 17 heteroatoms. The van der Waals surface area contributed by atoms with E-state index in [0.717, 1.165) is 37.7 Å². The van der Waals surface area contributed by atoms with Crippen molar-refractivity contribution in [3.63, 3.8) is 0 Å². The number of ether oxygens (including phenoxy) is 1. The summed E-state index contributed by atoms with van der Waals surface area (Å²) in [6.07, 6.45) is 6.66. The number of aliphatic imine (C=N–C) groups is 1. The molecule has 15 nitrogen and oxygen atoms in total. The molecule has 1 saturated carbocycles. The number of aliphatic hydroxyl groups is 1. The summed E-state index contributed by atoms with van der Waals surface area (Å²) >= 11 is 6.38. The number of hydrogen-bond acceptors (Lipinski definition) is 9. The van der Waals surface area contributed by atoms with Crippen molar-refractivity contribution < 1.29 is 38.2 Å². The van der Waals surface area contributed by atoms with Gasteiger partial charge in [0.2, 0.25) is 17.7 Å². The number of benzodiazepines with no additional fused rings is 1. The molecule has 0 spiro atoms. The van der Waals surface area contributed by atoms with Crippen LogP contribution in [0.15, 0.2) is 90.3 Å². The van der Waals surface area contributed by atoms with E-state index < -0.39 is 65.4 Å². The highest BCUT2D eigenvalue weighted by Crippen LogP contribution is 2.32. The lowest BCUT2D eigenvalue weighted by Crippen LogP contribution is -2.56. The summed E-state index contributed by atoms with van der Waals surface area (Å²) < 4.78 is 20.7. The minimum atomic E-state index is -1.27. The lowest BCUT2D eigenvalue weighted by Gasteiger charge is -2.34. The van der Waals surface area contributed by atoms with E-state index in [0.29, 0.717) is 41.2 Å². The van der Waals surface area contributed by atoms with Crippen molar-refractivity contribution in [3.05, 3.63) is 119 Å². The van der Waals surface area contributed by atoms with Crippen LogP contribution in [-0.2, 0) is 36.8 Å². The monoisotopic (exact) mass is 982 g/mol. The maximum Gasteiger partial charge on any atom is 0.408 e. The van der Waals surface area contributed by atoms with Crippen LogP contribution in [0.2, 0.25) is 5.02 Å². The molecule has 5 atom stereocenters. The first-order valence-corrected chi connectivity index (χ1v) is 24.8. The molecule has 1 fully saturated rings. The number of amides is 5. The number of nitrogens with zero attached hydrogens (tertiary/aromatic N) is 3. The van der Waals surface area contributed by atoms with Gasteiger partial charge in [-0.05, 0) is 93.7 Å². The molecule has 3 aromatic carbocycles. The minimum absolute atomic E-state index is 0.0481. The summed E-state index contributed by atoms with van der Waals surface area (Å²) in [6, 6.07) is 18.3. The third-order valence-electron chi connectivity index (χ3n) is 12.9. The van der Waals surface area contributed by atoms with Crippen LogP contribution in [0.25, 0.3) is 0 Å². The van der Waals surface area contributed by atoms with E-state index >= 15 is 0 Å². The lowest BCUT2D eigenvalue weighted by atomic mass is 9.80. The molecular formula is C53H68ClFN8O7. The first kappa shape index (κ1) is 53.2. The topological polar surface area (TPSA) is 207 Å². The van der Waals surface area contributed by atoms with E-state index in [2.05, 4.69) is 36.2 Å². The first-order valence-electron chi connectivity index (χ1n) is 24.4. The molecule has 6 rings (SSSR count). The number of halogens is 2. The summed E-state index contributed by atoms with van der Waals surface area (Å²) in [5.74, 6) is -2.25. The fourth-order valence-electron chi connectivity index (χ4n) is 9.18. The fourth-order valence-corrected chi connectivity index (χ4v) is 9.36. The van der Waals surface area contributed by atoms with Crippen molar-refractivity contribution in [2.45, 2.75) is 129 Å². The van der Waals surface area contributed by atoms with E-state index in [1.165, 1.54) is 17.3 Å². The van der Waals surface area contributed by atoms with Gasteiger partial charge in [0.25, 0.3) is 5.91 Å². The number of benzene rings is 3. The number of H-pyrrole nitrogens is 1. The summed E-state index contributed by atoms with van der Waals surface area (Å²) in [6.45, 7) is 9.13. The Labute approximate surface area is 415 Å². The smallest absolute Gasteiger partial charge is 0.408 e. The van der Waals surface area contributed by atoms with Gasteiger partial charge in [0.05, 0.1) is 29.9 Å². The summed E-state index contributed by atoms with van der Waals surface area (Å²) in [5.41, 5.74) is 2.01. The molecule has 0 unspecified atom stereocenters. The molecule has 1 aromatic heterocycles. The van der Waals surface area contributed by atoms with Gasteiger partial charge in [0, 0.05) is 53.0 Å². The molecule has 6 N–H and O–H groups in total. The fraction of sp³-hybridized carbons (Fsp3) is 0.491. The normalized spacial score (nSPS) is 16.4. The van der Waals surface area contributed by atoms with Crippen LogP contribution in [0.4, 0.5) is 14.9 Å². The predicted octanol–water partition coefficient (Wildman–Crippen LogP) is 7.23. The average molecular weight is 984 g/mol. The van der Waals surface area contributed by atoms with E-state index in [1.807, 2.05) is 44.2 Å². The molecule has 70 heavy (non-hydrogen) atoms. The van der Waals surface area contributed by atoms with Gasteiger partial charge in [-0.15, -0.1) is 0 Å². The van der Waals surface area contributed by atoms with Crippen LogP contribution in [0.5, 0.6) is 0 Å². The maximum atomic E-state index is 15.0. The van der Waals surface area contributed by atoms with Gasteiger partial charge in [-0.2, -0.15) is 0 Å². The van der Waals surface area contributed by atoms with Crippen LogP contribution in [0.3, 0.4) is 0 Å². The van der Waals surface area contributed by atoms with Crippen molar-refractivity contribution >= 4 is 52.7 Å². The van der Waals surface area contributed by atoms with E-state index in [1.54, 1.807) is 63.4 Å². The number of aromatic amines is 1. The molecule has 5 amide bonds. The zero-order valence-electron chi connectivity index (χ0n) is 40.8. The Kier molecular flexibility index (Phi) is 19.1. The standard InChI is InChI=1S/C53H68ClFN8O7/c1-33(2)36(22-23-57-47(65)31-63-44-21-20-37(54)27-40(44)49(58-30-48(63)66)39-18-12-13-19-41(39)55)26-45(64)42(24-34-14-8-6-9-15-34)60-50(67)43(28-38-29-56-32-59-38)61-51(68)46(25-35-16-10-7-11-17-35)70-52(69)62-53(3,4)5/h7,10-13,16-21,27,29,32-34,36,42-43,45-46,64H,6,8-9,14-15,22-26,28,30-31H2,1-5H3,(H,56,59)(H,57,65)(H,60,67)(H,61,68)(H,62,69)/t36-,42-,43-,45-,46-/m0/s1. The second-order valence-electron chi connectivity index (χ2n) is 19.9. The number of carbonyl (C=O) groups excluding carboxylic acids is 5. The van der Waals surface area contributed by atoms with Crippen LogP contribution in [0.1, 0.15) is 108 Å². The molecule has 1 aliphatic carbocycles. The number of nitrogens with one attached hydrogen (secondary N) is 5. The Bertz CT molecular complexity index is 2420. The van der Waals surface area contributed by atoms with Gasteiger partial charge >= 0.3 is 6.09 Å². The number of imidazole rings is 1. The summed E-state index contributed by atoms with van der Waals surface area (Å²) in [7, 11) is 0. The minimum Gasteiger partial charge on any atom is -0.436 e. The van der Waals surface area contributed by atoms with Crippen molar-refractivity contribution in [2.75, 3.05) is 24.5 Å². The second-order valence-corrected chi connectivity index (χ2v) is 20.3. The zero-order valence-corrected chi connectivity index (χ0v) is 41.6. The second kappa shape index (κ2) is 25.1. The number of hydrogen-bond donors (Lipinski definition) is 6. The summed E-state index contributed by atoms with van der Waals surface area (Å²) in [5, 5.41) is 24.2. The molecule has 0 bridgehead atoms. The van der Waals surface area contributed by atoms with Crippen molar-refractivity contribution in [1.29, 1.82) is 0 Å². The number of rotatable bonds is 21. The molecule has 2 aliphatic rings. The number of aromatic nitrogens is 2. The van der Waals surface area contributed by atoms with Crippen molar-refractivity contribution in [2.24, 2.45) is 22.7 Å². The van der Waals surface area contributed by atoms with Gasteiger partial charge in [-0.25, -0.2) is 14.2 Å². The predicted molar refractivity (Wildman–Crippen MR) is 268 cm³/mol. The Morgan fingerprint density at radius 3 is 2.36 bits per heavy atom. The molecular weight excluding hydrogens is 915 g/mol. The Hall–Kier alpha value is -6.13. The van der Waals surface area contributed by atoms with E-state index in [9.17, 15) is 33.5 Å². The van der Waals surface area contributed by atoms with Gasteiger partial charge in [-0.1, -0.05) is 100 Å². The molecule has 0 saturated heterocycles.